The summed E-state index contributed by atoms with van der Waals surface area (Å²) in [6.45, 7) is 4.46. The standard InChI is InChI=1S/C19H19NO4/c1-14(2)17-8-3-16(4-9-17)13-24-19(21)12-7-15-5-10-18(11-6-15)20(22)23/h3-12,14H,13H2,1-2H3/b12-7+. The van der Waals surface area contributed by atoms with Gasteiger partial charge in [0.15, 0.2) is 0 Å². The van der Waals surface area contributed by atoms with Gasteiger partial charge in [-0.05, 0) is 40.8 Å². The van der Waals surface area contributed by atoms with Crippen LogP contribution >= 0.6 is 0 Å². The van der Waals surface area contributed by atoms with Crippen molar-refractivity contribution in [2.24, 2.45) is 0 Å². The van der Waals surface area contributed by atoms with Crippen LogP contribution in [0.5, 0.6) is 0 Å². The summed E-state index contributed by atoms with van der Waals surface area (Å²) in [6, 6.07) is 13.9. The van der Waals surface area contributed by atoms with Crippen LogP contribution in [0.4, 0.5) is 5.69 Å². The molecule has 0 heterocycles. The zero-order valence-electron chi connectivity index (χ0n) is 13.6. The molecule has 0 aromatic heterocycles. The zero-order chi connectivity index (χ0) is 17.5. The molecule has 0 aliphatic heterocycles. The molecule has 5 nitrogen and oxygen atoms in total. The summed E-state index contributed by atoms with van der Waals surface area (Å²) >= 11 is 0. The number of non-ortho nitro benzene ring substituents is 1. The minimum atomic E-state index is -0.466. The highest BCUT2D eigenvalue weighted by Gasteiger charge is 2.04. The molecule has 24 heavy (non-hydrogen) atoms. The van der Waals surface area contributed by atoms with Crippen molar-refractivity contribution in [2.75, 3.05) is 0 Å². The molecule has 0 saturated heterocycles. The van der Waals surface area contributed by atoms with Crippen LogP contribution in [0.1, 0.15) is 36.5 Å². The monoisotopic (exact) mass is 325 g/mol. The number of nitrogens with zero attached hydrogens (tertiary/aromatic N) is 1. The van der Waals surface area contributed by atoms with E-state index in [1.165, 1.54) is 23.8 Å². The molecule has 2 rings (SSSR count). The quantitative estimate of drug-likeness (QED) is 0.340. The summed E-state index contributed by atoms with van der Waals surface area (Å²) in [4.78, 5) is 21.8. The Balaban J connectivity index is 1.87. The van der Waals surface area contributed by atoms with Gasteiger partial charge in [-0.3, -0.25) is 10.1 Å². The van der Waals surface area contributed by atoms with E-state index in [0.717, 1.165) is 5.56 Å². The highest BCUT2D eigenvalue weighted by molar-refractivity contribution is 5.87. The minimum Gasteiger partial charge on any atom is -0.458 e. The van der Waals surface area contributed by atoms with Crippen LogP contribution in [0.3, 0.4) is 0 Å². The van der Waals surface area contributed by atoms with E-state index in [1.807, 2.05) is 24.3 Å². The van der Waals surface area contributed by atoms with Crippen LogP contribution in [-0.4, -0.2) is 10.9 Å². The lowest BCUT2D eigenvalue weighted by Gasteiger charge is -2.07. The molecule has 0 radical (unpaired) electrons. The second kappa shape index (κ2) is 8.06. The Morgan fingerprint density at radius 3 is 2.29 bits per heavy atom. The first-order chi connectivity index (χ1) is 11.5. The third kappa shape index (κ3) is 5.05. The molecule has 0 fully saturated rings. The lowest BCUT2D eigenvalue weighted by Crippen LogP contribution is -2.01. The maximum absolute atomic E-state index is 11.7. The number of esters is 1. The number of carbonyl (C=O) groups excluding carboxylic acids is 1. The van der Waals surface area contributed by atoms with Crippen LogP contribution in [0.15, 0.2) is 54.6 Å². The summed E-state index contributed by atoms with van der Waals surface area (Å²) in [5.41, 5.74) is 2.87. The molecule has 124 valence electrons. The second-order valence-corrected chi connectivity index (χ2v) is 5.69. The van der Waals surface area contributed by atoms with Gasteiger partial charge in [-0.15, -0.1) is 0 Å². The van der Waals surface area contributed by atoms with Gasteiger partial charge in [-0.2, -0.15) is 0 Å². The highest BCUT2D eigenvalue weighted by atomic mass is 16.6. The largest absolute Gasteiger partial charge is 0.458 e. The van der Waals surface area contributed by atoms with Gasteiger partial charge in [0, 0.05) is 18.2 Å². The first-order valence-electron chi connectivity index (χ1n) is 7.64. The molecule has 0 amide bonds. The first-order valence-corrected chi connectivity index (χ1v) is 7.64. The summed E-state index contributed by atoms with van der Waals surface area (Å²) < 4.78 is 5.18. The normalized spacial score (nSPS) is 11.0. The number of ether oxygens (including phenoxy) is 1. The van der Waals surface area contributed by atoms with Gasteiger partial charge in [0.05, 0.1) is 4.92 Å². The van der Waals surface area contributed by atoms with Crippen molar-refractivity contribution in [3.05, 3.63) is 81.4 Å². The Labute approximate surface area is 140 Å². The third-order valence-electron chi connectivity index (χ3n) is 3.54. The van der Waals surface area contributed by atoms with Gasteiger partial charge < -0.3 is 4.74 Å². The molecule has 5 heteroatoms. The number of benzene rings is 2. The molecule has 0 N–H and O–H groups in total. The van der Waals surface area contributed by atoms with E-state index in [9.17, 15) is 14.9 Å². The zero-order valence-corrected chi connectivity index (χ0v) is 13.6. The molecule has 2 aromatic rings. The first kappa shape index (κ1) is 17.4. The van der Waals surface area contributed by atoms with Crippen LogP contribution in [0.25, 0.3) is 6.08 Å². The number of nitro benzene ring substituents is 1. The van der Waals surface area contributed by atoms with E-state index < -0.39 is 10.9 Å². The Hall–Kier alpha value is -2.95. The van der Waals surface area contributed by atoms with Gasteiger partial charge in [0.25, 0.3) is 5.69 Å². The summed E-state index contributed by atoms with van der Waals surface area (Å²) in [5, 5.41) is 10.6. The molecule has 0 saturated carbocycles. The smallest absolute Gasteiger partial charge is 0.331 e. The lowest BCUT2D eigenvalue weighted by atomic mass is 10.0. The van der Waals surface area contributed by atoms with Crippen molar-refractivity contribution in [3.8, 4) is 0 Å². The van der Waals surface area contributed by atoms with E-state index in [-0.39, 0.29) is 12.3 Å². The molecule has 2 aromatic carbocycles. The molecular weight excluding hydrogens is 306 g/mol. The number of hydrogen-bond acceptors (Lipinski definition) is 4. The Bertz CT molecular complexity index is 731. The molecule has 0 aliphatic rings. The van der Waals surface area contributed by atoms with Crippen molar-refractivity contribution < 1.29 is 14.5 Å². The average molecular weight is 325 g/mol. The van der Waals surface area contributed by atoms with Gasteiger partial charge in [0.1, 0.15) is 6.61 Å². The summed E-state index contributed by atoms with van der Waals surface area (Å²) in [7, 11) is 0. The Morgan fingerprint density at radius 1 is 1.12 bits per heavy atom. The number of rotatable bonds is 6. The average Bonchev–Trinajstić information content (AvgIpc) is 2.58. The van der Waals surface area contributed by atoms with Crippen LogP contribution < -0.4 is 0 Å². The van der Waals surface area contributed by atoms with Crippen molar-refractivity contribution >= 4 is 17.7 Å². The van der Waals surface area contributed by atoms with E-state index in [0.29, 0.717) is 11.5 Å². The molecular formula is C19H19NO4. The molecule has 0 aliphatic carbocycles. The van der Waals surface area contributed by atoms with Gasteiger partial charge >= 0.3 is 5.97 Å². The lowest BCUT2D eigenvalue weighted by molar-refractivity contribution is -0.384. The highest BCUT2D eigenvalue weighted by Crippen LogP contribution is 2.15. The topological polar surface area (TPSA) is 69.4 Å². The van der Waals surface area contributed by atoms with E-state index in [2.05, 4.69) is 13.8 Å². The van der Waals surface area contributed by atoms with Crippen LogP contribution in [0, 0.1) is 10.1 Å². The predicted molar refractivity (Wildman–Crippen MR) is 92.5 cm³/mol. The SMILES string of the molecule is CC(C)c1ccc(COC(=O)/C=C/c2ccc([N+](=O)[O-])cc2)cc1. The maximum atomic E-state index is 11.7. The van der Waals surface area contributed by atoms with Gasteiger partial charge in [0.2, 0.25) is 0 Å². The minimum absolute atomic E-state index is 0.0135. The summed E-state index contributed by atoms with van der Waals surface area (Å²) in [5.74, 6) is 0.00696. The van der Waals surface area contributed by atoms with Gasteiger partial charge in [-0.1, -0.05) is 38.1 Å². The fourth-order valence-electron chi connectivity index (χ4n) is 2.07. The Kier molecular flexibility index (Phi) is 5.84. The van der Waals surface area contributed by atoms with Crippen molar-refractivity contribution in [3.63, 3.8) is 0 Å². The molecule has 0 spiro atoms. The fourth-order valence-corrected chi connectivity index (χ4v) is 2.07. The molecule has 0 atom stereocenters. The van der Waals surface area contributed by atoms with Crippen molar-refractivity contribution in [2.45, 2.75) is 26.4 Å². The molecule has 0 unspecified atom stereocenters. The maximum Gasteiger partial charge on any atom is 0.331 e. The number of hydrogen-bond donors (Lipinski definition) is 0. The van der Waals surface area contributed by atoms with E-state index >= 15 is 0 Å². The van der Waals surface area contributed by atoms with Crippen LogP contribution in [0.2, 0.25) is 0 Å². The summed E-state index contributed by atoms with van der Waals surface area (Å²) in [6.07, 6.45) is 2.87. The Morgan fingerprint density at radius 2 is 1.75 bits per heavy atom. The van der Waals surface area contributed by atoms with Gasteiger partial charge in [-0.25, -0.2) is 4.79 Å². The molecule has 0 bridgehead atoms. The van der Waals surface area contributed by atoms with E-state index in [4.69, 9.17) is 4.74 Å². The predicted octanol–water partition coefficient (Wildman–Crippen LogP) is 4.47. The van der Waals surface area contributed by atoms with Crippen LogP contribution in [-0.2, 0) is 16.1 Å². The second-order valence-electron chi connectivity index (χ2n) is 5.69. The van der Waals surface area contributed by atoms with Crippen molar-refractivity contribution in [1.29, 1.82) is 0 Å². The number of nitro groups is 1. The fraction of sp³-hybridized carbons (Fsp3) is 0.211. The van der Waals surface area contributed by atoms with E-state index in [1.54, 1.807) is 18.2 Å². The number of carbonyl (C=O) groups is 1. The third-order valence-corrected chi connectivity index (χ3v) is 3.54. The van der Waals surface area contributed by atoms with Crippen molar-refractivity contribution in [1.82, 2.24) is 0 Å².